The van der Waals surface area contributed by atoms with Crippen LogP contribution in [0.5, 0.6) is 0 Å². The second-order valence-electron chi connectivity index (χ2n) is 13.0. The number of rotatable bonds is 6. The minimum atomic E-state index is 0.0589. The number of nitrogens with one attached hydrogen (secondary N) is 2. The first kappa shape index (κ1) is 29.1. The van der Waals surface area contributed by atoms with Crippen LogP contribution in [0, 0.1) is 0 Å². The highest BCUT2D eigenvalue weighted by Crippen LogP contribution is 2.34. The lowest BCUT2D eigenvalue weighted by Gasteiger charge is -2.41. The largest absolute Gasteiger partial charge is 0.353 e. The van der Waals surface area contributed by atoms with Gasteiger partial charge >= 0.3 is 0 Å². The Morgan fingerprint density at radius 1 is 0.800 bits per heavy atom. The van der Waals surface area contributed by atoms with Crippen LogP contribution in [0.4, 0.5) is 5.69 Å². The van der Waals surface area contributed by atoms with E-state index in [0.29, 0.717) is 23.9 Å². The average molecular weight is 559 g/mol. The van der Waals surface area contributed by atoms with E-state index in [4.69, 9.17) is 17.2 Å². The molecule has 216 valence electrons. The first-order valence-corrected chi connectivity index (χ1v) is 16.4. The zero-order chi connectivity index (χ0) is 28.1. The lowest BCUT2D eigenvalue weighted by atomic mass is 9.91. The van der Waals surface area contributed by atoms with Crippen molar-refractivity contribution in [2.45, 2.75) is 135 Å². The predicted octanol–water partition coefficient (Wildman–Crippen LogP) is 8.71. The summed E-state index contributed by atoms with van der Waals surface area (Å²) in [6.45, 7) is 9.95. The van der Waals surface area contributed by atoms with Gasteiger partial charge in [-0.25, -0.2) is 4.99 Å². The zero-order valence-electron chi connectivity index (χ0n) is 25.2. The molecule has 0 spiro atoms. The molecule has 0 bridgehead atoms. The molecule has 4 nitrogen and oxygen atoms in total. The minimum absolute atomic E-state index is 0.0589. The number of benzene rings is 2. The Hall–Kier alpha value is -2.40. The van der Waals surface area contributed by atoms with E-state index in [1.807, 2.05) is 0 Å². The van der Waals surface area contributed by atoms with Crippen LogP contribution in [0.1, 0.15) is 126 Å². The number of para-hydroxylation sites is 1. The van der Waals surface area contributed by atoms with Crippen molar-refractivity contribution in [1.29, 1.82) is 0 Å². The Morgan fingerprint density at radius 3 is 2.02 bits per heavy atom. The predicted molar refractivity (Wildman–Crippen MR) is 175 cm³/mol. The molecule has 0 unspecified atom stereocenters. The van der Waals surface area contributed by atoms with Gasteiger partial charge in [-0.05, 0) is 66.2 Å². The molecule has 40 heavy (non-hydrogen) atoms. The molecule has 2 aromatic rings. The summed E-state index contributed by atoms with van der Waals surface area (Å²) in [6, 6.07) is 16.6. The highest BCUT2D eigenvalue weighted by atomic mass is 32.1. The molecule has 0 amide bonds. The van der Waals surface area contributed by atoms with Gasteiger partial charge in [-0.15, -0.1) is 0 Å². The molecule has 0 aromatic heterocycles. The molecule has 2 aliphatic carbocycles. The Kier molecular flexibility index (Phi) is 9.83. The van der Waals surface area contributed by atoms with Crippen LogP contribution in [-0.4, -0.2) is 34.0 Å². The van der Waals surface area contributed by atoms with Crippen molar-refractivity contribution in [2.24, 2.45) is 4.99 Å². The van der Waals surface area contributed by atoms with Crippen molar-refractivity contribution < 1.29 is 0 Å². The summed E-state index contributed by atoms with van der Waals surface area (Å²) >= 11 is 6.35. The maximum atomic E-state index is 6.35. The van der Waals surface area contributed by atoms with Crippen LogP contribution < -0.4 is 10.6 Å². The third-order valence-electron chi connectivity index (χ3n) is 9.26. The quantitative estimate of drug-likeness (QED) is 0.211. The number of hydrogen-bond donors (Lipinski definition) is 2. The van der Waals surface area contributed by atoms with Gasteiger partial charge in [0, 0.05) is 18.3 Å². The Morgan fingerprint density at radius 2 is 1.40 bits per heavy atom. The van der Waals surface area contributed by atoms with Crippen LogP contribution in [0.15, 0.2) is 47.5 Å². The molecule has 5 rings (SSSR count). The summed E-state index contributed by atoms with van der Waals surface area (Å²) < 4.78 is 0. The standard InChI is InChI=1S/C35H50N4S/c1-24(2)30-20-13-21-31(25(3)4)33(30)38-34(40)32-22-26-14-11-12-15-27(26)23-39(32)35(36-28-16-7-5-8-17-28)37-29-18-9-6-10-19-29/h11-15,20-21,24-25,28-29,32H,5-10,16-19,22-23H2,1-4H3,(H,36,37)(H,38,40)/t32-/m0/s1. The van der Waals surface area contributed by atoms with Crippen LogP contribution >= 0.6 is 12.2 Å². The van der Waals surface area contributed by atoms with Crippen molar-refractivity contribution >= 4 is 28.9 Å². The second-order valence-corrected chi connectivity index (χ2v) is 13.4. The summed E-state index contributed by atoms with van der Waals surface area (Å²) in [5.74, 6) is 1.93. The van der Waals surface area contributed by atoms with Crippen LogP contribution in [0.25, 0.3) is 0 Å². The molecular weight excluding hydrogens is 508 g/mol. The summed E-state index contributed by atoms with van der Waals surface area (Å²) in [6.07, 6.45) is 13.7. The normalized spacial score (nSPS) is 21.0. The Balaban J connectivity index is 1.51. The van der Waals surface area contributed by atoms with Crippen LogP contribution in [0.3, 0.4) is 0 Å². The molecule has 2 fully saturated rings. The van der Waals surface area contributed by atoms with E-state index in [1.54, 1.807) is 0 Å². The molecule has 5 heteroatoms. The fourth-order valence-corrected chi connectivity index (χ4v) is 7.20. The van der Waals surface area contributed by atoms with Gasteiger partial charge < -0.3 is 15.5 Å². The number of anilines is 1. The zero-order valence-corrected chi connectivity index (χ0v) is 26.0. The van der Waals surface area contributed by atoms with E-state index < -0.39 is 0 Å². The van der Waals surface area contributed by atoms with Gasteiger partial charge in [0.25, 0.3) is 0 Å². The first-order chi connectivity index (χ1) is 19.4. The van der Waals surface area contributed by atoms with Gasteiger partial charge in [-0.1, -0.05) is 121 Å². The van der Waals surface area contributed by atoms with E-state index in [9.17, 15) is 0 Å². The third kappa shape index (κ3) is 6.90. The number of hydrogen-bond acceptors (Lipinski definition) is 2. The average Bonchev–Trinajstić information content (AvgIpc) is 2.97. The molecule has 0 radical (unpaired) electrons. The molecular formula is C35H50N4S. The van der Waals surface area contributed by atoms with Crippen molar-refractivity contribution in [3.8, 4) is 0 Å². The van der Waals surface area contributed by atoms with E-state index in [-0.39, 0.29) is 6.04 Å². The fraction of sp³-hybridized carbons (Fsp3) is 0.600. The summed E-state index contributed by atoms with van der Waals surface area (Å²) in [5.41, 5.74) is 6.69. The van der Waals surface area contributed by atoms with Crippen molar-refractivity contribution in [2.75, 3.05) is 5.32 Å². The fourth-order valence-electron chi connectivity index (χ4n) is 6.89. The van der Waals surface area contributed by atoms with Gasteiger partial charge in [-0.3, -0.25) is 0 Å². The lowest BCUT2D eigenvalue weighted by Crippen LogP contribution is -2.56. The van der Waals surface area contributed by atoms with Gasteiger partial charge in [0.15, 0.2) is 5.96 Å². The maximum Gasteiger partial charge on any atom is 0.195 e. The monoisotopic (exact) mass is 558 g/mol. The highest BCUT2D eigenvalue weighted by Gasteiger charge is 2.34. The molecule has 2 saturated carbocycles. The van der Waals surface area contributed by atoms with E-state index >= 15 is 0 Å². The van der Waals surface area contributed by atoms with Gasteiger partial charge in [0.05, 0.1) is 12.1 Å². The minimum Gasteiger partial charge on any atom is -0.353 e. The number of aliphatic imine (C=N–C) groups is 1. The second kappa shape index (κ2) is 13.5. The van der Waals surface area contributed by atoms with Gasteiger partial charge in [0.2, 0.25) is 0 Å². The SMILES string of the molecule is CC(C)c1cccc(C(C)C)c1NC(=S)[C@@H]1Cc2ccccc2CN1C(=NC1CCCCC1)NC1CCCCC1. The number of nitrogens with zero attached hydrogens (tertiary/aromatic N) is 2. The molecule has 1 heterocycles. The number of fused-ring (bicyclic) bond motifs is 1. The molecule has 2 N–H and O–H groups in total. The summed E-state index contributed by atoms with van der Waals surface area (Å²) in [5, 5.41) is 7.84. The Bertz CT molecular complexity index is 1150. The van der Waals surface area contributed by atoms with Crippen molar-refractivity contribution in [1.82, 2.24) is 10.2 Å². The van der Waals surface area contributed by atoms with Crippen LogP contribution in [0.2, 0.25) is 0 Å². The van der Waals surface area contributed by atoms with E-state index in [0.717, 1.165) is 23.9 Å². The molecule has 0 saturated heterocycles. The molecule has 1 aliphatic heterocycles. The van der Waals surface area contributed by atoms with Crippen LogP contribution in [-0.2, 0) is 13.0 Å². The van der Waals surface area contributed by atoms with Crippen molar-refractivity contribution in [3.05, 3.63) is 64.7 Å². The molecule has 3 aliphatic rings. The Labute approximate surface area is 248 Å². The van der Waals surface area contributed by atoms with E-state index in [2.05, 4.69) is 85.7 Å². The molecule has 2 aromatic carbocycles. The number of guanidine groups is 1. The maximum absolute atomic E-state index is 6.35. The third-order valence-corrected chi connectivity index (χ3v) is 9.64. The summed E-state index contributed by atoms with van der Waals surface area (Å²) in [7, 11) is 0. The van der Waals surface area contributed by atoms with Crippen molar-refractivity contribution in [3.63, 3.8) is 0 Å². The van der Waals surface area contributed by atoms with E-state index in [1.165, 1.54) is 92.1 Å². The lowest BCUT2D eigenvalue weighted by molar-refractivity contribution is 0.311. The smallest absolute Gasteiger partial charge is 0.195 e. The first-order valence-electron chi connectivity index (χ1n) is 16.0. The van der Waals surface area contributed by atoms with Gasteiger partial charge in [-0.2, -0.15) is 0 Å². The van der Waals surface area contributed by atoms with Gasteiger partial charge in [0.1, 0.15) is 4.99 Å². The topological polar surface area (TPSA) is 39.7 Å². The molecule has 1 atom stereocenters. The highest BCUT2D eigenvalue weighted by molar-refractivity contribution is 7.80. The number of thiocarbonyl (C=S) groups is 1. The summed E-state index contributed by atoms with van der Waals surface area (Å²) in [4.78, 5) is 8.93.